The van der Waals surface area contributed by atoms with E-state index in [2.05, 4.69) is 6.58 Å². The Labute approximate surface area is 196 Å². The molecule has 0 N–H and O–H groups in total. The maximum atomic E-state index is 13.9. The van der Waals surface area contributed by atoms with E-state index in [-0.39, 0.29) is 17.2 Å². The molecule has 4 bridgehead atoms. The van der Waals surface area contributed by atoms with E-state index in [1.54, 1.807) is 36.4 Å². The van der Waals surface area contributed by atoms with Crippen LogP contribution in [0.25, 0.3) is 0 Å². The summed E-state index contributed by atoms with van der Waals surface area (Å²) in [6.07, 6.45) is 2.58. The highest BCUT2D eigenvalue weighted by molar-refractivity contribution is 5.91. The number of ether oxygens (including phenoxy) is 2. The molecule has 178 valence electrons. The molecule has 7 unspecified atom stereocenters. The Morgan fingerprint density at radius 3 is 2.44 bits per heavy atom. The van der Waals surface area contributed by atoms with Crippen LogP contribution in [0, 0.1) is 35.5 Å². The maximum Gasteiger partial charge on any atom is 0.419 e. The first-order chi connectivity index (χ1) is 16.3. The lowest BCUT2D eigenvalue weighted by atomic mass is 9.65. The molecule has 0 radical (unpaired) electrons. The molecule has 4 saturated carbocycles. The summed E-state index contributed by atoms with van der Waals surface area (Å²) in [6.45, 7) is 4.01. The van der Waals surface area contributed by atoms with Crippen molar-refractivity contribution in [3.8, 4) is 11.5 Å². The summed E-state index contributed by atoms with van der Waals surface area (Å²) >= 11 is 0. The number of benzene rings is 2. The smallest absolute Gasteiger partial charge is 0.419 e. The minimum atomic E-state index is -4.61. The van der Waals surface area contributed by atoms with Gasteiger partial charge in [0.05, 0.1) is 11.1 Å². The number of rotatable bonds is 5. The van der Waals surface area contributed by atoms with Gasteiger partial charge in [-0.05, 0) is 98.1 Å². The number of halogens is 3. The maximum absolute atomic E-state index is 13.9. The molecule has 6 heteroatoms. The third-order valence-corrected chi connectivity index (χ3v) is 8.94. The lowest BCUT2D eigenvalue weighted by Gasteiger charge is -2.45. The summed E-state index contributed by atoms with van der Waals surface area (Å²) in [7, 11) is 0. The van der Waals surface area contributed by atoms with E-state index >= 15 is 0 Å². The van der Waals surface area contributed by atoms with Crippen LogP contribution in [-0.2, 0) is 6.18 Å². The molecule has 2 aromatic rings. The summed E-state index contributed by atoms with van der Waals surface area (Å²) in [6, 6.07) is 11.7. The number of alkyl halides is 3. The zero-order chi connectivity index (χ0) is 23.7. The predicted molar refractivity (Wildman–Crippen MR) is 120 cm³/mol. The van der Waals surface area contributed by atoms with Crippen LogP contribution in [0.4, 0.5) is 13.2 Å². The van der Waals surface area contributed by atoms with Gasteiger partial charge in [0, 0.05) is 5.92 Å². The molecular weight excluding hydrogens is 441 g/mol. The van der Waals surface area contributed by atoms with Crippen LogP contribution in [-0.4, -0.2) is 11.6 Å². The monoisotopic (exact) mass is 468 g/mol. The molecule has 0 aromatic heterocycles. The fraction of sp³-hybridized carbons (Fsp3) is 0.464. The third-order valence-electron chi connectivity index (χ3n) is 8.94. The Morgan fingerprint density at radius 2 is 1.74 bits per heavy atom. The van der Waals surface area contributed by atoms with Crippen molar-refractivity contribution in [2.45, 2.75) is 43.9 Å². The van der Waals surface area contributed by atoms with Gasteiger partial charge in [0.2, 0.25) is 0 Å². The van der Waals surface area contributed by atoms with Crippen LogP contribution in [0.5, 0.6) is 11.5 Å². The molecule has 34 heavy (non-hydrogen) atoms. The summed E-state index contributed by atoms with van der Waals surface area (Å²) in [5, 5.41) is 0. The summed E-state index contributed by atoms with van der Waals surface area (Å²) in [4.78, 5) is 12.7. The summed E-state index contributed by atoms with van der Waals surface area (Å²) in [5.41, 5.74) is -1.69. The fourth-order valence-electron chi connectivity index (χ4n) is 7.84. The van der Waals surface area contributed by atoms with Gasteiger partial charge in [0.15, 0.2) is 0 Å². The van der Waals surface area contributed by atoms with Crippen molar-refractivity contribution in [1.29, 1.82) is 0 Å². The Bertz CT molecular complexity index is 1130. The van der Waals surface area contributed by atoms with E-state index in [9.17, 15) is 18.0 Å². The van der Waals surface area contributed by atoms with Gasteiger partial charge in [0.25, 0.3) is 0 Å². The SMILES string of the molecule is C=CC1(Oc2cc(C(=O)Oc3ccccc3)ccc2C(F)(F)F)CC2CC1C1C3CCC(C3)C21. The zero-order valence-corrected chi connectivity index (χ0v) is 18.8. The van der Waals surface area contributed by atoms with Crippen molar-refractivity contribution < 1.29 is 27.4 Å². The van der Waals surface area contributed by atoms with E-state index in [1.807, 2.05) is 0 Å². The van der Waals surface area contributed by atoms with E-state index in [0.717, 1.165) is 24.5 Å². The summed E-state index contributed by atoms with van der Waals surface area (Å²) in [5.74, 6) is 2.57. The van der Waals surface area contributed by atoms with Gasteiger partial charge in [-0.2, -0.15) is 13.2 Å². The molecule has 0 amide bonds. The van der Waals surface area contributed by atoms with Crippen LogP contribution in [0.3, 0.4) is 0 Å². The van der Waals surface area contributed by atoms with Gasteiger partial charge in [-0.15, -0.1) is 0 Å². The molecule has 3 nitrogen and oxygen atoms in total. The molecule has 0 saturated heterocycles. The van der Waals surface area contributed by atoms with E-state index < -0.39 is 23.3 Å². The van der Waals surface area contributed by atoms with Crippen LogP contribution < -0.4 is 9.47 Å². The first-order valence-corrected chi connectivity index (χ1v) is 12.1. The molecule has 7 atom stereocenters. The second-order valence-corrected chi connectivity index (χ2v) is 10.5. The fourth-order valence-corrected chi connectivity index (χ4v) is 7.84. The number of carbonyl (C=O) groups excluding carboxylic acids is 1. The largest absolute Gasteiger partial charge is 0.482 e. The molecule has 4 aliphatic rings. The standard InChI is InChI=1S/C28H27F3O3/c1-2-27(15-19-13-22(27)25-17-9-8-16(12-17)24(19)25)34-23-14-18(10-11-21(23)28(29,30)31)26(32)33-20-6-4-3-5-7-20/h2-7,10-11,14,16-17,19,22,24-25H,1,8-9,12-13,15H2. The average Bonchev–Trinajstić information content (AvgIpc) is 3.58. The molecule has 0 spiro atoms. The van der Waals surface area contributed by atoms with Gasteiger partial charge in [0.1, 0.15) is 17.1 Å². The minimum Gasteiger partial charge on any atom is -0.482 e. The van der Waals surface area contributed by atoms with Gasteiger partial charge in [-0.3, -0.25) is 0 Å². The van der Waals surface area contributed by atoms with E-state index in [4.69, 9.17) is 9.47 Å². The predicted octanol–water partition coefficient (Wildman–Crippen LogP) is 6.93. The lowest BCUT2D eigenvalue weighted by molar-refractivity contribution is -0.140. The van der Waals surface area contributed by atoms with Gasteiger partial charge >= 0.3 is 12.1 Å². The van der Waals surface area contributed by atoms with E-state index in [1.165, 1.54) is 25.3 Å². The average molecular weight is 469 g/mol. The minimum absolute atomic E-state index is 0.0204. The number of hydrogen-bond acceptors (Lipinski definition) is 3. The quantitative estimate of drug-likeness (QED) is 0.207. The first-order valence-electron chi connectivity index (χ1n) is 12.1. The molecule has 2 aromatic carbocycles. The van der Waals surface area contributed by atoms with Crippen LogP contribution >= 0.6 is 0 Å². The third kappa shape index (κ3) is 3.29. The molecule has 0 heterocycles. The second-order valence-electron chi connectivity index (χ2n) is 10.5. The number of esters is 1. The zero-order valence-electron chi connectivity index (χ0n) is 18.8. The lowest BCUT2D eigenvalue weighted by Crippen LogP contribution is -2.47. The highest BCUT2D eigenvalue weighted by Gasteiger charge is 2.67. The van der Waals surface area contributed by atoms with Gasteiger partial charge < -0.3 is 9.47 Å². The van der Waals surface area contributed by atoms with Crippen molar-refractivity contribution in [2.24, 2.45) is 35.5 Å². The first kappa shape index (κ1) is 21.8. The van der Waals surface area contributed by atoms with Crippen molar-refractivity contribution in [2.75, 3.05) is 0 Å². The normalized spacial score (nSPS) is 35.3. The van der Waals surface area contributed by atoms with Crippen LogP contribution in [0.1, 0.15) is 48.0 Å². The number of para-hydroxylation sites is 1. The molecule has 4 fully saturated rings. The van der Waals surface area contributed by atoms with Crippen molar-refractivity contribution in [3.63, 3.8) is 0 Å². The molecule has 0 aliphatic heterocycles. The molecule has 4 aliphatic carbocycles. The topological polar surface area (TPSA) is 35.5 Å². The Kier molecular flexibility index (Phi) is 4.88. The van der Waals surface area contributed by atoms with Crippen LogP contribution in [0.2, 0.25) is 0 Å². The van der Waals surface area contributed by atoms with Gasteiger partial charge in [-0.25, -0.2) is 4.79 Å². The Balaban J connectivity index is 1.33. The summed E-state index contributed by atoms with van der Waals surface area (Å²) < 4.78 is 53.5. The highest BCUT2D eigenvalue weighted by atomic mass is 19.4. The van der Waals surface area contributed by atoms with E-state index in [0.29, 0.717) is 35.8 Å². The van der Waals surface area contributed by atoms with Gasteiger partial charge in [-0.1, -0.05) is 24.8 Å². The number of fused-ring (bicyclic) bond motifs is 9. The van der Waals surface area contributed by atoms with Crippen molar-refractivity contribution >= 4 is 5.97 Å². The highest BCUT2D eigenvalue weighted by Crippen LogP contribution is 2.70. The Morgan fingerprint density at radius 1 is 1.00 bits per heavy atom. The van der Waals surface area contributed by atoms with Crippen LogP contribution in [0.15, 0.2) is 61.2 Å². The van der Waals surface area contributed by atoms with Crippen molar-refractivity contribution in [3.05, 3.63) is 72.3 Å². The molecular formula is C28H27F3O3. The second kappa shape index (κ2) is 7.62. The molecule has 6 rings (SSSR count). The van der Waals surface area contributed by atoms with Crippen molar-refractivity contribution in [1.82, 2.24) is 0 Å². The number of carbonyl (C=O) groups is 1. The number of hydrogen-bond donors (Lipinski definition) is 0. The Hall–Kier alpha value is -2.76.